The molecule has 6 heteroatoms. The van der Waals surface area contributed by atoms with E-state index in [0.717, 1.165) is 36.5 Å². The van der Waals surface area contributed by atoms with E-state index in [-0.39, 0.29) is 28.1 Å². The van der Waals surface area contributed by atoms with Gasteiger partial charge in [0.15, 0.2) is 0 Å². The van der Waals surface area contributed by atoms with Crippen LogP contribution in [0.25, 0.3) is 16.5 Å². The normalized spacial score (nSPS) is 21.0. The summed E-state index contributed by atoms with van der Waals surface area (Å²) >= 11 is 6.17. The lowest BCUT2D eigenvalue weighted by Gasteiger charge is -2.31. The number of hydrogen-bond donors (Lipinski definition) is 2. The minimum Gasteiger partial charge on any atom is -0.507 e. The number of carbonyl (C=O) groups is 2. The van der Waals surface area contributed by atoms with Crippen LogP contribution in [0.3, 0.4) is 0 Å². The van der Waals surface area contributed by atoms with Gasteiger partial charge < -0.3 is 15.1 Å². The fraction of sp³-hybridized carbons (Fsp3) is 0.231. The Morgan fingerprint density at radius 1 is 0.938 bits per heavy atom. The standard InChI is InChI=1S/C26H22ClNO4/c27-20-14-17(11-12-21(20)29)23-22(25(31)26(32)28(23)19-7-3-4-8-19)24(30)18-10-9-15-5-1-2-6-16(15)13-18/h1-2,5-6,9-14,19,23,29-30H,3-4,7-8H2/b24-22-. The number of carbonyl (C=O) groups excluding carboxylic acids is 2. The number of aromatic hydroxyl groups is 1. The van der Waals surface area contributed by atoms with E-state index >= 15 is 0 Å². The minimum absolute atomic E-state index is 0.0546. The third-order valence-electron chi connectivity index (χ3n) is 6.51. The van der Waals surface area contributed by atoms with Crippen LogP contribution in [0.1, 0.15) is 42.9 Å². The smallest absolute Gasteiger partial charge is 0.295 e. The van der Waals surface area contributed by atoms with Gasteiger partial charge in [0.2, 0.25) is 0 Å². The number of phenolic OH excluding ortho intramolecular Hbond substituents is 1. The van der Waals surface area contributed by atoms with Crippen LogP contribution in [-0.2, 0) is 9.59 Å². The predicted molar refractivity (Wildman–Crippen MR) is 123 cm³/mol. The van der Waals surface area contributed by atoms with Crippen LogP contribution in [0, 0.1) is 0 Å². The molecule has 2 fully saturated rings. The molecule has 1 aliphatic heterocycles. The van der Waals surface area contributed by atoms with Gasteiger partial charge in [0.1, 0.15) is 11.5 Å². The lowest BCUT2D eigenvalue weighted by Crippen LogP contribution is -2.37. The van der Waals surface area contributed by atoms with Crippen molar-refractivity contribution in [3.05, 3.63) is 82.4 Å². The number of fused-ring (bicyclic) bond motifs is 1. The number of halogens is 1. The molecule has 0 spiro atoms. The lowest BCUT2D eigenvalue weighted by atomic mass is 9.94. The first-order chi connectivity index (χ1) is 15.5. The molecule has 5 nitrogen and oxygen atoms in total. The number of benzene rings is 3. The largest absolute Gasteiger partial charge is 0.507 e. The summed E-state index contributed by atoms with van der Waals surface area (Å²) in [4.78, 5) is 27.9. The van der Waals surface area contributed by atoms with Gasteiger partial charge in [-0.1, -0.05) is 66.9 Å². The van der Waals surface area contributed by atoms with E-state index in [0.29, 0.717) is 11.1 Å². The number of hydrogen-bond acceptors (Lipinski definition) is 4. The molecule has 1 saturated carbocycles. The maximum absolute atomic E-state index is 13.2. The van der Waals surface area contributed by atoms with Crippen molar-refractivity contribution >= 4 is 39.8 Å². The van der Waals surface area contributed by atoms with Crippen molar-refractivity contribution in [2.75, 3.05) is 0 Å². The molecule has 3 aromatic rings. The summed E-state index contributed by atoms with van der Waals surface area (Å²) in [6.45, 7) is 0. The van der Waals surface area contributed by atoms with Gasteiger partial charge in [-0.3, -0.25) is 9.59 Å². The molecule has 1 unspecified atom stereocenters. The van der Waals surface area contributed by atoms with Crippen LogP contribution in [0.2, 0.25) is 5.02 Å². The molecule has 1 saturated heterocycles. The van der Waals surface area contributed by atoms with Gasteiger partial charge in [0.05, 0.1) is 16.6 Å². The molecule has 5 rings (SSSR count). The number of aliphatic hydroxyl groups excluding tert-OH is 1. The van der Waals surface area contributed by atoms with Gasteiger partial charge in [-0.05, 0) is 47.4 Å². The number of ketones is 1. The Morgan fingerprint density at radius 2 is 1.66 bits per heavy atom. The molecule has 2 N–H and O–H groups in total. The molecule has 162 valence electrons. The number of aliphatic hydroxyl groups is 1. The first-order valence-electron chi connectivity index (χ1n) is 10.7. The third-order valence-corrected chi connectivity index (χ3v) is 6.81. The topological polar surface area (TPSA) is 77.8 Å². The van der Waals surface area contributed by atoms with E-state index in [9.17, 15) is 19.8 Å². The number of amides is 1. The molecule has 0 aromatic heterocycles. The number of nitrogens with zero attached hydrogens (tertiary/aromatic N) is 1. The van der Waals surface area contributed by atoms with Gasteiger partial charge in [0, 0.05) is 11.6 Å². The van der Waals surface area contributed by atoms with Crippen LogP contribution >= 0.6 is 11.6 Å². The summed E-state index contributed by atoms with van der Waals surface area (Å²) in [5.41, 5.74) is 1.11. The average molecular weight is 448 g/mol. The second kappa shape index (κ2) is 7.99. The zero-order valence-corrected chi connectivity index (χ0v) is 18.0. The van der Waals surface area contributed by atoms with E-state index in [4.69, 9.17) is 11.6 Å². The third kappa shape index (κ3) is 3.33. The van der Waals surface area contributed by atoms with E-state index in [2.05, 4.69) is 0 Å². The van der Waals surface area contributed by atoms with Gasteiger partial charge in [0.25, 0.3) is 11.7 Å². The van der Waals surface area contributed by atoms with Gasteiger partial charge in [-0.25, -0.2) is 0 Å². The Hall–Kier alpha value is -3.31. The van der Waals surface area contributed by atoms with Gasteiger partial charge in [-0.15, -0.1) is 0 Å². The van der Waals surface area contributed by atoms with Crippen molar-refractivity contribution in [3.63, 3.8) is 0 Å². The van der Waals surface area contributed by atoms with Crippen LogP contribution in [-0.4, -0.2) is 32.8 Å². The summed E-state index contributed by atoms with van der Waals surface area (Å²) in [7, 11) is 0. The number of rotatable bonds is 3. The van der Waals surface area contributed by atoms with Crippen molar-refractivity contribution in [1.29, 1.82) is 0 Å². The first-order valence-corrected chi connectivity index (χ1v) is 11.1. The zero-order chi connectivity index (χ0) is 22.4. The molecule has 1 aliphatic carbocycles. The molecule has 1 heterocycles. The lowest BCUT2D eigenvalue weighted by molar-refractivity contribution is -0.141. The van der Waals surface area contributed by atoms with Crippen molar-refractivity contribution in [3.8, 4) is 5.75 Å². The van der Waals surface area contributed by atoms with Crippen LogP contribution in [0.15, 0.2) is 66.2 Å². The maximum atomic E-state index is 13.2. The second-order valence-electron chi connectivity index (χ2n) is 8.42. The fourth-order valence-corrected chi connectivity index (χ4v) is 5.11. The SMILES string of the molecule is O=C1C(=O)N(C2CCCC2)C(c2ccc(O)c(Cl)c2)/C1=C(/O)c1ccc2ccccc2c1. The van der Waals surface area contributed by atoms with E-state index < -0.39 is 17.7 Å². The highest BCUT2D eigenvalue weighted by Crippen LogP contribution is 2.44. The highest BCUT2D eigenvalue weighted by Gasteiger charge is 2.49. The predicted octanol–water partition coefficient (Wildman–Crippen LogP) is 5.56. The Balaban J connectivity index is 1.70. The molecule has 0 bridgehead atoms. The highest BCUT2D eigenvalue weighted by molar-refractivity contribution is 6.46. The number of likely N-dealkylation sites (tertiary alicyclic amines) is 1. The van der Waals surface area contributed by atoms with Crippen molar-refractivity contribution in [2.45, 2.75) is 37.8 Å². The quantitative estimate of drug-likeness (QED) is 0.313. The van der Waals surface area contributed by atoms with Crippen molar-refractivity contribution in [2.24, 2.45) is 0 Å². The summed E-state index contributed by atoms with van der Waals surface area (Å²) in [5, 5.41) is 23.2. The first kappa shape index (κ1) is 20.6. The van der Waals surface area contributed by atoms with Gasteiger partial charge in [-0.2, -0.15) is 0 Å². The summed E-state index contributed by atoms with van der Waals surface area (Å²) in [6, 6.07) is 17.0. The van der Waals surface area contributed by atoms with Crippen molar-refractivity contribution < 1.29 is 19.8 Å². The molecule has 2 aliphatic rings. The van der Waals surface area contributed by atoms with Gasteiger partial charge >= 0.3 is 0 Å². The second-order valence-corrected chi connectivity index (χ2v) is 8.82. The molecular formula is C26H22ClNO4. The maximum Gasteiger partial charge on any atom is 0.295 e. The minimum atomic E-state index is -0.761. The molecular weight excluding hydrogens is 426 g/mol. The number of Topliss-reactive ketones (excluding diaryl/α,β-unsaturated/α-hetero) is 1. The summed E-state index contributed by atoms with van der Waals surface area (Å²) in [6.07, 6.45) is 3.60. The highest BCUT2D eigenvalue weighted by atomic mass is 35.5. The Bertz CT molecular complexity index is 1280. The average Bonchev–Trinajstić information content (AvgIpc) is 3.42. The monoisotopic (exact) mass is 447 g/mol. The van der Waals surface area contributed by atoms with Crippen molar-refractivity contribution in [1.82, 2.24) is 4.90 Å². The molecule has 3 aromatic carbocycles. The molecule has 32 heavy (non-hydrogen) atoms. The zero-order valence-electron chi connectivity index (χ0n) is 17.3. The van der Waals surface area contributed by atoms with Crippen LogP contribution < -0.4 is 0 Å². The Morgan fingerprint density at radius 3 is 2.38 bits per heavy atom. The van der Waals surface area contributed by atoms with Crippen LogP contribution in [0.4, 0.5) is 0 Å². The molecule has 1 amide bonds. The molecule has 0 radical (unpaired) electrons. The van der Waals surface area contributed by atoms with E-state index in [1.54, 1.807) is 23.1 Å². The Labute approximate surface area is 190 Å². The van der Waals surface area contributed by atoms with E-state index in [1.807, 2.05) is 36.4 Å². The summed E-state index contributed by atoms with van der Waals surface area (Å²) in [5.74, 6) is -1.59. The fourth-order valence-electron chi connectivity index (χ4n) is 4.92. The van der Waals surface area contributed by atoms with E-state index in [1.165, 1.54) is 6.07 Å². The number of phenols is 1. The van der Waals surface area contributed by atoms with Crippen LogP contribution in [0.5, 0.6) is 5.75 Å². The summed E-state index contributed by atoms with van der Waals surface area (Å²) < 4.78 is 0. The Kier molecular flexibility index (Phi) is 5.14. The molecule has 1 atom stereocenters.